The zero-order valence-electron chi connectivity index (χ0n) is 11.0. The summed E-state index contributed by atoms with van der Waals surface area (Å²) < 4.78 is 3.01. The molecule has 0 aliphatic rings. The molecule has 1 aromatic carbocycles. The summed E-state index contributed by atoms with van der Waals surface area (Å²) >= 11 is 10.6. The maximum atomic E-state index is 12.6. The Morgan fingerprint density at radius 3 is 2.82 bits per heavy atom. The van der Waals surface area contributed by atoms with E-state index in [0.29, 0.717) is 25.7 Å². The van der Waals surface area contributed by atoms with E-state index in [2.05, 4.69) is 25.9 Å². The number of thiazole rings is 1. The molecule has 108 valence electrons. The molecule has 4 nitrogen and oxygen atoms in total. The summed E-state index contributed by atoms with van der Waals surface area (Å²) in [6.07, 6.45) is 3.50. The molecular formula is C15H7BrClN3OS. The molecule has 0 amide bonds. The van der Waals surface area contributed by atoms with Gasteiger partial charge in [-0.2, -0.15) is 0 Å². The van der Waals surface area contributed by atoms with Crippen molar-refractivity contribution >= 4 is 61.1 Å². The average molecular weight is 393 g/mol. The number of nitrogens with zero attached hydrogens (tertiary/aromatic N) is 3. The van der Waals surface area contributed by atoms with Crippen LogP contribution in [0.2, 0.25) is 5.02 Å². The summed E-state index contributed by atoms with van der Waals surface area (Å²) in [5.74, 6) is 0. The van der Waals surface area contributed by atoms with E-state index in [9.17, 15) is 4.79 Å². The number of hydrogen-bond acceptors (Lipinski definition) is 4. The Hall–Kier alpha value is -1.76. The molecule has 0 unspecified atom stereocenters. The highest BCUT2D eigenvalue weighted by Gasteiger charge is 2.12. The van der Waals surface area contributed by atoms with Gasteiger partial charge in [0.1, 0.15) is 5.52 Å². The monoisotopic (exact) mass is 391 g/mol. The van der Waals surface area contributed by atoms with E-state index in [-0.39, 0.29) is 5.56 Å². The van der Waals surface area contributed by atoms with Gasteiger partial charge in [0, 0.05) is 15.7 Å². The summed E-state index contributed by atoms with van der Waals surface area (Å²) in [6, 6.07) is 9.19. The molecule has 0 fully saturated rings. The second-order valence-electron chi connectivity index (χ2n) is 4.69. The number of hydrogen-bond donors (Lipinski definition) is 0. The van der Waals surface area contributed by atoms with Gasteiger partial charge in [0.15, 0.2) is 10.6 Å². The number of aromatic nitrogens is 3. The number of imidazole rings is 1. The van der Waals surface area contributed by atoms with Gasteiger partial charge in [-0.3, -0.25) is 4.79 Å². The first kappa shape index (κ1) is 13.9. The molecule has 0 bridgehead atoms. The van der Waals surface area contributed by atoms with E-state index in [1.807, 2.05) is 24.3 Å². The lowest BCUT2D eigenvalue weighted by Gasteiger charge is -1.91. The van der Waals surface area contributed by atoms with Crippen LogP contribution >= 0.6 is 38.9 Å². The van der Waals surface area contributed by atoms with E-state index in [4.69, 9.17) is 11.6 Å². The summed E-state index contributed by atoms with van der Waals surface area (Å²) in [5.41, 5.74) is 2.10. The third-order valence-corrected chi connectivity index (χ3v) is 4.87. The molecule has 0 N–H and O–H groups in total. The van der Waals surface area contributed by atoms with Gasteiger partial charge >= 0.3 is 0 Å². The number of rotatable bonds is 1. The van der Waals surface area contributed by atoms with Crippen LogP contribution in [0.3, 0.4) is 0 Å². The van der Waals surface area contributed by atoms with Crippen molar-refractivity contribution in [3.05, 3.63) is 66.5 Å². The molecule has 7 heteroatoms. The molecule has 4 rings (SSSR count). The van der Waals surface area contributed by atoms with Gasteiger partial charge in [0.25, 0.3) is 5.56 Å². The highest BCUT2D eigenvalue weighted by Crippen LogP contribution is 2.18. The van der Waals surface area contributed by atoms with Crippen LogP contribution in [0.4, 0.5) is 0 Å². The number of benzene rings is 1. The fourth-order valence-electron chi connectivity index (χ4n) is 2.22. The van der Waals surface area contributed by atoms with E-state index >= 15 is 0 Å². The summed E-state index contributed by atoms with van der Waals surface area (Å²) in [6.45, 7) is 0. The predicted molar refractivity (Wildman–Crippen MR) is 92.6 cm³/mol. The molecule has 22 heavy (non-hydrogen) atoms. The number of pyridine rings is 1. The summed E-state index contributed by atoms with van der Waals surface area (Å²) in [4.78, 5) is 22.0. The second kappa shape index (κ2) is 5.15. The highest BCUT2D eigenvalue weighted by atomic mass is 79.9. The Labute approximate surface area is 141 Å². The van der Waals surface area contributed by atoms with Crippen LogP contribution in [0.25, 0.3) is 22.2 Å². The lowest BCUT2D eigenvalue weighted by Crippen LogP contribution is -2.22. The van der Waals surface area contributed by atoms with Gasteiger partial charge in [-0.15, -0.1) is 0 Å². The van der Waals surface area contributed by atoms with Crippen molar-refractivity contribution in [2.75, 3.05) is 0 Å². The topological polar surface area (TPSA) is 47.3 Å². The van der Waals surface area contributed by atoms with Crippen LogP contribution in [0.1, 0.15) is 5.56 Å². The minimum Gasteiger partial charge on any atom is -0.267 e. The van der Waals surface area contributed by atoms with Crippen molar-refractivity contribution in [2.45, 2.75) is 0 Å². The molecule has 0 saturated carbocycles. The first-order chi connectivity index (χ1) is 10.6. The zero-order valence-corrected chi connectivity index (χ0v) is 14.1. The van der Waals surface area contributed by atoms with Gasteiger partial charge in [-0.1, -0.05) is 35.1 Å². The largest absolute Gasteiger partial charge is 0.276 e. The van der Waals surface area contributed by atoms with Crippen LogP contribution in [0, 0.1) is 0 Å². The minimum absolute atomic E-state index is 0.104. The van der Waals surface area contributed by atoms with Gasteiger partial charge in [0.2, 0.25) is 0 Å². The van der Waals surface area contributed by atoms with E-state index < -0.39 is 0 Å². The lowest BCUT2D eigenvalue weighted by molar-refractivity contribution is 1.15. The van der Waals surface area contributed by atoms with Crippen LogP contribution in [0.5, 0.6) is 0 Å². The quantitative estimate of drug-likeness (QED) is 0.499. The molecular weight excluding hydrogens is 386 g/mol. The zero-order chi connectivity index (χ0) is 15.3. The Kier molecular flexibility index (Phi) is 3.25. The van der Waals surface area contributed by atoms with Crippen molar-refractivity contribution in [1.29, 1.82) is 0 Å². The van der Waals surface area contributed by atoms with Gasteiger partial charge in [0.05, 0.1) is 4.53 Å². The highest BCUT2D eigenvalue weighted by molar-refractivity contribution is 9.10. The van der Waals surface area contributed by atoms with Crippen molar-refractivity contribution in [2.24, 2.45) is 0 Å². The Morgan fingerprint density at radius 2 is 2.05 bits per heavy atom. The van der Waals surface area contributed by atoms with Crippen LogP contribution < -0.4 is 10.1 Å². The van der Waals surface area contributed by atoms with Crippen LogP contribution in [0.15, 0.2) is 45.8 Å². The molecule has 0 atom stereocenters. The van der Waals surface area contributed by atoms with E-state index in [0.717, 1.165) is 10.0 Å². The van der Waals surface area contributed by atoms with Gasteiger partial charge in [-0.25, -0.2) is 14.4 Å². The standard InChI is InChI=1S/C15H7BrClN3OS/c16-9-6-11-13(18-7-9)20-14(21)12(22-15(20)19-11)5-8-1-3-10(17)4-2-8/h1-7H/b12-5-. The summed E-state index contributed by atoms with van der Waals surface area (Å²) in [5, 5.41) is 0.668. The molecule has 0 spiro atoms. The van der Waals surface area contributed by atoms with Crippen molar-refractivity contribution in [3.63, 3.8) is 0 Å². The smallest absolute Gasteiger partial charge is 0.267 e. The fourth-order valence-corrected chi connectivity index (χ4v) is 3.65. The SMILES string of the molecule is O=c1/c(=C/c2ccc(Cl)cc2)sc2nc3cc(Br)cnc3n12. The molecule has 0 aliphatic heterocycles. The predicted octanol–water partition coefficient (Wildman–Crippen LogP) is 3.27. The molecule has 0 aliphatic carbocycles. The van der Waals surface area contributed by atoms with Crippen molar-refractivity contribution < 1.29 is 0 Å². The van der Waals surface area contributed by atoms with Crippen molar-refractivity contribution in [1.82, 2.24) is 14.4 Å². The summed E-state index contributed by atoms with van der Waals surface area (Å²) in [7, 11) is 0. The van der Waals surface area contributed by atoms with Crippen LogP contribution in [-0.4, -0.2) is 14.4 Å². The Morgan fingerprint density at radius 1 is 1.27 bits per heavy atom. The van der Waals surface area contributed by atoms with Crippen molar-refractivity contribution in [3.8, 4) is 0 Å². The maximum Gasteiger partial charge on any atom is 0.276 e. The molecule has 3 aromatic heterocycles. The molecule has 3 heterocycles. The van der Waals surface area contributed by atoms with E-state index in [1.165, 1.54) is 11.3 Å². The third-order valence-electron chi connectivity index (χ3n) is 3.22. The van der Waals surface area contributed by atoms with E-state index in [1.54, 1.807) is 22.7 Å². The third kappa shape index (κ3) is 2.24. The first-order valence-electron chi connectivity index (χ1n) is 6.35. The van der Waals surface area contributed by atoms with Crippen LogP contribution in [-0.2, 0) is 0 Å². The Balaban J connectivity index is 1.98. The molecule has 4 aromatic rings. The Bertz CT molecular complexity index is 1120. The maximum absolute atomic E-state index is 12.6. The average Bonchev–Trinajstić information content (AvgIpc) is 2.98. The molecule has 0 saturated heterocycles. The van der Waals surface area contributed by atoms with Gasteiger partial charge < -0.3 is 0 Å². The second-order valence-corrected chi connectivity index (χ2v) is 7.05. The lowest BCUT2D eigenvalue weighted by atomic mass is 10.2. The fraction of sp³-hybridized carbons (Fsp3) is 0. The first-order valence-corrected chi connectivity index (χ1v) is 8.34. The number of halogens is 2. The number of fused-ring (bicyclic) bond motifs is 3. The molecule has 0 radical (unpaired) electrons. The minimum atomic E-state index is -0.104. The van der Waals surface area contributed by atoms with Gasteiger partial charge in [-0.05, 0) is 45.8 Å². The normalized spacial score (nSPS) is 12.5.